The molecule has 1 amide bonds. The summed E-state index contributed by atoms with van der Waals surface area (Å²) in [5, 5.41) is 0. The van der Waals surface area contributed by atoms with Crippen LogP contribution < -0.4 is 9.08 Å². The van der Waals surface area contributed by atoms with Gasteiger partial charge in [-0.2, -0.15) is 8.42 Å². The fourth-order valence-corrected chi connectivity index (χ4v) is 2.13. The van der Waals surface area contributed by atoms with E-state index in [0.717, 1.165) is 0 Å². The van der Waals surface area contributed by atoms with Crippen molar-refractivity contribution in [3.05, 3.63) is 60.2 Å². The van der Waals surface area contributed by atoms with E-state index < -0.39 is 16.4 Å². The minimum Gasteiger partial charge on any atom is -0.358 e. The quantitative estimate of drug-likeness (QED) is 0.814. The van der Waals surface area contributed by atoms with Crippen molar-refractivity contribution in [2.24, 2.45) is 0 Å². The molecule has 5 nitrogen and oxygen atoms in total. The van der Waals surface area contributed by atoms with Crippen LogP contribution in [-0.2, 0) is 10.5 Å². The number of anilines is 1. The summed E-state index contributed by atoms with van der Waals surface area (Å²) in [6.45, 7) is 0. The van der Waals surface area contributed by atoms with Crippen molar-refractivity contribution in [1.82, 2.24) is 0 Å². The number of carbonyl (C=O) groups excluding carboxylic acids is 1. The Balaban J connectivity index is 2.36. The summed E-state index contributed by atoms with van der Waals surface area (Å²) in [4.78, 5) is 13.7. The van der Waals surface area contributed by atoms with E-state index in [4.69, 9.17) is 0 Å². The van der Waals surface area contributed by atoms with Crippen molar-refractivity contribution in [1.29, 1.82) is 0 Å². The lowest BCUT2D eigenvalue weighted by Gasteiger charge is -2.18. The van der Waals surface area contributed by atoms with Gasteiger partial charge in [-0.25, -0.2) is 0 Å². The first-order chi connectivity index (χ1) is 9.88. The van der Waals surface area contributed by atoms with Crippen molar-refractivity contribution in [3.63, 3.8) is 0 Å². The Bertz CT molecular complexity index is 747. The average molecular weight is 309 g/mol. The highest BCUT2D eigenvalue weighted by atomic mass is 32.3. The summed E-state index contributed by atoms with van der Waals surface area (Å²) in [7, 11) is -3.67. The monoisotopic (exact) mass is 309 g/mol. The summed E-state index contributed by atoms with van der Waals surface area (Å²) < 4.78 is 38.1. The molecule has 0 bridgehead atoms. The molecule has 0 fully saturated rings. The third-order valence-corrected chi connectivity index (χ3v) is 3.13. The third-order valence-electron chi connectivity index (χ3n) is 2.75. The molecule has 0 heterocycles. The highest BCUT2D eigenvalue weighted by molar-refractivity contribution is 7.81. The second-order valence-corrected chi connectivity index (χ2v) is 5.13. The largest absolute Gasteiger partial charge is 0.488 e. The Morgan fingerprint density at radius 3 is 2.24 bits per heavy atom. The Kier molecular flexibility index (Phi) is 4.23. The van der Waals surface area contributed by atoms with Crippen LogP contribution in [0.1, 0.15) is 10.4 Å². The molecule has 2 aromatic rings. The number of para-hydroxylation sites is 2. The van der Waals surface area contributed by atoms with Gasteiger partial charge in [0.1, 0.15) is 0 Å². The second-order valence-electron chi connectivity index (χ2n) is 4.17. The average Bonchev–Trinajstić information content (AvgIpc) is 2.45. The van der Waals surface area contributed by atoms with Crippen LogP contribution in [0.3, 0.4) is 0 Å². The maximum absolute atomic E-state index is 12.7. The molecule has 2 rings (SSSR count). The molecule has 0 aliphatic rings. The van der Waals surface area contributed by atoms with Crippen LogP contribution in [0.15, 0.2) is 54.6 Å². The molecule has 0 atom stereocenters. The molecule has 0 radical (unpaired) electrons. The van der Waals surface area contributed by atoms with Gasteiger partial charge in [0, 0.05) is 12.7 Å². The van der Waals surface area contributed by atoms with E-state index in [1.807, 2.05) is 0 Å². The van der Waals surface area contributed by atoms with Crippen LogP contribution in [0.5, 0.6) is 5.75 Å². The number of carbonyl (C=O) groups is 1. The predicted molar refractivity (Wildman–Crippen MR) is 76.3 cm³/mol. The number of amides is 1. The lowest BCUT2D eigenvalue weighted by molar-refractivity contribution is 0.0991. The summed E-state index contributed by atoms with van der Waals surface area (Å²) >= 11 is 0. The Morgan fingerprint density at radius 2 is 1.62 bits per heavy atom. The standard InChI is InChI=1S/C14H12FNO4S/c1-16(11-7-3-2-4-8-11)14(17)12-9-5-6-10-13(12)20-21(15,18)19/h2-10H,1H3. The van der Waals surface area contributed by atoms with Gasteiger partial charge in [0.05, 0.1) is 5.56 Å². The van der Waals surface area contributed by atoms with E-state index in [1.54, 1.807) is 30.3 Å². The number of benzene rings is 2. The van der Waals surface area contributed by atoms with Gasteiger partial charge < -0.3 is 9.08 Å². The lowest BCUT2D eigenvalue weighted by atomic mass is 10.1. The first kappa shape index (κ1) is 15.0. The fourth-order valence-electron chi connectivity index (χ4n) is 1.77. The molecule has 0 saturated heterocycles. The number of halogens is 1. The minimum atomic E-state index is -5.19. The second kappa shape index (κ2) is 5.92. The van der Waals surface area contributed by atoms with Crippen LogP contribution in [0.4, 0.5) is 9.57 Å². The molecule has 21 heavy (non-hydrogen) atoms. The zero-order valence-electron chi connectivity index (χ0n) is 11.1. The van der Waals surface area contributed by atoms with Gasteiger partial charge >= 0.3 is 10.5 Å². The molecule has 110 valence electrons. The van der Waals surface area contributed by atoms with Crippen molar-refractivity contribution in [2.75, 3.05) is 11.9 Å². The molecule has 0 aromatic heterocycles. The molecular weight excluding hydrogens is 297 g/mol. The van der Waals surface area contributed by atoms with Crippen LogP contribution in [0.25, 0.3) is 0 Å². The number of rotatable bonds is 4. The van der Waals surface area contributed by atoms with Gasteiger partial charge in [0.2, 0.25) is 0 Å². The number of nitrogens with zero attached hydrogens (tertiary/aromatic N) is 1. The van der Waals surface area contributed by atoms with Gasteiger partial charge in [-0.15, -0.1) is 0 Å². The zero-order chi connectivity index (χ0) is 15.5. The van der Waals surface area contributed by atoms with E-state index in [1.165, 1.54) is 36.2 Å². The molecule has 0 spiro atoms. The fraction of sp³-hybridized carbons (Fsp3) is 0.0714. The first-order valence-electron chi connectivity index (χ1n) is 5.95. The Morgan fingerprint density at radius 1 is 1.05 bits per heavy atom. The van der Waals surface area contributed by atoms with E-state index in [9.17, 15) is 17.1 Å². The number of hydrogen-bond donors (Lipinski definition) is 0. The Hall–Kier alpha value is -2.41. The SMILES string of the molecule is CN(C(=O)c1ccccc1OS(=O)(=O)F)c1ccccc1. The topological polar surface area (TPSA) is 63.7 Å². The highest BCUT2D eigenvalue weighted by Crippen LogP contribution is 2.23. The van der Waals surface area contributed by atoms with Gasteiger partial charge in [-0.3, -0.25) is 4.79 Å². The predicted octanol–water partition coefficient (Wildman–Crippen LogP) is 2.56. The van der Waals surface area contributed by atoms with Crippen LogP contribution >= 0.6 is 0 Å². The summed E-state index contributed by atoms with van der Waals surface area (Å²) in [5.74, 6) is -0.867. The molecule has 2 aromatic carbocycles. The maximum atomic E-state index is 12.7. The van der Waals surface area contributed by atoms with Crippen LogP contribution in [0.2, 0.25) is 0 Å². The van der Waals surface area contributed by atoms with E-state index in [-0.39, 0.29) is 11.3 Å². The van der Waals surface area contributed by atoms with Crippen LogP contribution in [-0.4, -0.2) is 21.4 Å². The normalized spacial score (nSPS) is 11.0. The highest BCUT2D eigenvalue weighted by Gasteiger charge is 2.21. The first-order valence-corrected chi connectivity index (χ1v) is 7.25. The summed E-state index contributed by atoms with van der Waals surface area (Å²) in [6, 6.07) is 14.3. The molecule has 0 N–H and O–H groups in total. The van der Waals surface area contributed by atoms with E-state index >= 15 is 0 Å². The van der Waals surface area contributed by atoms with Gasteiger partial charge in [0.25, 0.3) is 5.91 Å². The number of hydrogen-bond acceptors (Lipinski definition) is 4. The van der Waals surface area contributed by atoms with E-state index in [0.29, 0.717) is 5.69 Å². The summed E-state index contributed by atoms with van der Waals surface area (Å²) in [5.41, 5.74) is 0.561. The molecule has 0 saturated carbocycles. The molecule has 0 aliphatic heterocycles. The van der Waals surface area contributed by atoms with Gasteiger partial charge in [-0.1, -0.05) is 34.2 Å². The zero-order valence-corrected chi connectivity index (χ0v) is 11.9. The maximum Gasteiger partial charge on any atom is 0.488 e. The molecule has 0 aliphatic carbocycles. The molecular formula is C14H12FNO4S. The van der Waals surface area contributed by atoms with Crippen molar-refractivity contribution >= 4 is 22.1 Å². The van der Waals surface area contributed by atoms with Crippen molar-refractivity contribution in [3.8, 4) is 5.75 Å². The molecule has 7 heteroatoms. The van der Waals surface area contributed by atoms with Crippen molar-refractivity contribution < 1.29 is 21.3 Å². The van der Waals surface area contributed by atoms with Crippen LogP contribution in [0, 0.1) is 0 Å². The van der Waals surface area contributed by atoms with Gasteiger partial charge in [0.15, 0.2) is 5.75 Å². The smallest absolute Gasteiger partial charge is 0.358 e. The third kappa shape index (κ3) is 3.79. The van der Waals surface area contributed by atoms with Crippen molar-refractivity contribution in [2.45, 2.75) is 0 Å². The van der Waals surface area contributed by atoms with Gasteiger partial charge in [-0.05, 0) is 24.3 Å². The summed E-state index contributed by atoms with van der Waals surface area (Å²) in [6.07, 6.45) is 0. The Labute approximate surface area is 122 Å². The van der Waals surface area contributed by atoms with E-state index in [2.05, 4.69) is 4.18 Å². The molecule has 0 unspecified atom stereocenters. The lowest BCUT2D eigenvalue weighted by Crippen LogP contribution is -2.26. The minimum absolute atomic E-state index is 0.0509.